The third-order valence-corrected chi connectivity index (χ3v) is 5.33. The Labute approximate surface area is 109 Å². The topological polar surface area (TPSA) is 59.1 Å². The summed E-state index contributed by atoms with van der Waals surface area (Å²) in [6, 6.07) is 5.77. The fourth-order valence-electron chi connectivity index (χ4n) is 1.33. The molecule has 0 aliphatic carbocycles. The highest BCUT2D eigenvalue weighted by Gasteiger charge is 2.16. The number of halogens is 1. The maximum Gasteiger partial charge on any atom is 0.271 e. The van der Waals surface area contributed by atoms with E-state index in [-0.39, 0.29) is 9.90 Å². The predicted molar refractivity (Wildman–Crippen MR) is 68.7 cm³/mol. The Hall–Kier alpha value is -1.47. The number of nitrogens with one attached hydrogen (secondary N) is 1. The maximum absolute atomic E-state index is 12.6. The van der Waals surface area contributed by atoms with Gasteiger partial charge in [0.15, 0.2) is 0 Å². The van der Waals surface area contributed by atoms with Gasteiger partial charge in [0.1, 0.15) is 4.21 Å². The quantitative estimate of drug-likeness (QED) is 0.879. The molecule has 1 N–H and O–H groups in total. The van der Waals surface area contributed by atoms with Crippen molar-refractivity contribution in [2.45, 2.75) is 17.6 Å². The first kappa shape index (κ1) is 13.0. The summed E-state index contributed by atoms with van der Waals surface area (Å²) >= 11 is 1.22. The van der Waals surface area contributed by atoms with Gasteiger partial charge < -0.3 is 0 Å². The maximum atomic E-state index is 12.6. The van der Waals surface area contributed by atoms with Gasteiger partial charge in [0.2, 0.25) is 5.95 Å². The van der Waals surface area contributed by atoms with Crippen molar-refractivity contribution in [1.82, 2.24) is 4.98 Å². The standard InChI is InChI=1S/C11H11FN2O2S2/c1-2-9-4-6-11(17-9)18(15,16)14-8-3-5-10(12)13-7-8/h3-7,14H,2H2,1H3. The molecular weight excluding hydrogens is 275 g/mol. The Morgan fingerprint density at radius 3 is 2.67 bits per heavy atom. The number of aryl methyl sites for hydroxylation is 1. The molecule has 0 unspecified atom stereocenters. The summed E-state index contributed by atoms with van der Waals surface area (Å²) in [6.45, 7) is 1.96. The van der Waals surface area contributed by atoms with E-state index in [4.69, 9.17) is 0 Å². The van der Waals surface area contributed by atoms with Crippen LogP contribution in [0.15, 0.2) is 34.7 Å². The largest absolute Gasteiger partial charge is 0.277 e. The van der Waals surface area contributed by atoms with Crippen molar-refractivity contribution in [2.24, 2.45) is 0 Å². The molecule has 2 aromatic heterocycles. The third-order valence-electron chi connectivity index (χ3n) is 2.23. The molecule has 0 saturated carbocycles. The number of nitrogens with zero attached hydrogens (tertiary/aromatic N) is 1. The fraction of sp³-hybridized carbons (Fsp3) is 0.182. The van der Waals surface area contributed by atoms with E-state index in [1.165, 1.54) is 17.4 Å². The molecule has 0 fully saturated rings. The van der Waals surface area contributed by atoms with E-state index in [0.717, 1.165) is 23.6 Å². The number of sulfonamides is 1. The molecule has 96 valence electrons. The van der Waals surface area contributed by atoms with Crippen LogP contribution in [0.1, 0.15) is 11.8 Å². The van der Waals surface area contributed by atoms with Gasteiger partial charge in [-0.05, 0) is 30.7 Å². The average molecular weight is 286 g/mol. The Bertz CT molecular complexity index is 635. The van der Waals surface area contributed by atoms with E-state index in [1.54, 1.807) is 12.1 Å². The van der Waals surface area contributed by atoms with Crippen molar-refractivity contribution in [2.75, 3.05) is 4.72 Å². The van der Waals surface area contributed by atoms with Gasteiger partial charge in [0.25, 0.3) is 10.0 Å². The zero-order chi connectivity index (χ0) is 13.2. The van der Waals surface area contributed by atoms with Gasteiger partial charge in [-0.15, -0.1) is 11.3 Å². The van der Waals surface area contributed by atoms with E-state index in [9.17, 15) is 12.8 Å². The number of aromatic nitrogens is 1. The first-order valence-corrected chi connectivity index (χ1v) is 7.54. The Kier molecular flexibility index (Phi) is 3.63. The van der Waals surface area contributed by atoms with Gasteiger partial charge in [0.05, 0.1) is 11.9 Å². The number of hydrogen-bond donors (Lipinski definition) is 1. The Morgan fingerprint density at radius 2 is 2.11 bits per heavy atom. The van der Waals surface area contributed by atoms with Crippen LogP contribution in [0.3, 0.4) is 0 Å². The molecule has 0 spiro atoms. The summed E-state index contributed by atoms with van der Waals surface area (Å²) in [5, 5.41) is 0. The SMILES string of the molecule is CCc1ccc(S(=O)(=O)Nc2ccc(F)nc2)s1. The highest BCUT2D eigenvalue weighted by Crippen LogP contribution is 2.24. The fourth-order valence-corrected chi connectivity index (χ4v) is 3.67. The van der Waals surface area contributed by atoms with Crippen LogP contribution in [0.25, 0.3) is 0 Å². The normalized spacial score (nSPS) is 11.4. The summed E-state index contributed by atoms with van der Waals surface area (Å²) in [7, 11) is -3.61. The molecule has 18 heavy (non-hydrogen) atoms. The van der Waals surface area contributed by atoms with Crippen LogP contribution in [-0.4, -0.2) is 13.4 Å². The van der Waals surface area contributed by atoms with E-state index in [0.29, 0.717) is 0 Å². The smallest absolute Gasteiger partial charge is 0.271 e. The molecule has 0 atom stereocenters. The lowest BCUT2D eigenvalue weighted by molar-refractivity contribution is 0.583. The summed E-state index contributed by atoms with van der Waals surface area (Å²) < 4.78 is 39.2. The molecule has 2 heterocycles. The second-order valence-electron chi connectivity index (χ2n) is 3.55. The molecule has 0 radical (unpaired) electrons. The van der Waals surface area contributed by atoms with Crippen molar-refractivity contribution in [3.63, 3.8) is 0 Å². The lowest BCUT2D eigenvalue weighted by Gasteiger charge is -2.05. The van der Waals surface area contributed by atoms with Crippen molar-refractivity contribution in [3.8, 4) is 0 Å². The van der Waals surface area contributed by atoms with Gasteiger partial charge in [-0.2, -0.15) is 4.39 Å². The molecular formula is C11H11FN2O2S2. The molecule has 0 aromatic carbocycles. The summed E-state index contributed by atoms with van der Waals surface area (Å²) in [4.78, 5) is 4.38. The van der Waals surface area contributed by atoms with E-state index >= 15 is 0 Å². The second kappa shape index (κ2) is 5.03. The number of thiophene rings is 1. The molecule has 2 rings (SSSR count). The molecule has 0 amide bonds. The van der Waals surface area contributed by atoms with E-state index < -0.39 is 16.0 Å². The van der Waals surface area contributed by atoms with Gasteiger partial charge in [0, 0.05) is 4.88 Å². The van der Waals surface area contributed by atoms with Crippen LogP contribution in [0.4, 0.5) is 10.1 Å². The highest BCUT2D eigenvalue weighted by molar-refractivity contribution is 7.94. The molecule has 2 aromatic rings. The minimum atomic E-state index is -3.61. The Balaban J connectivity index is 2.24. The number of rotatable bonds is 4. The van der Waals surface area contributed by atoms with Crippen LogP contribution in [0.2, 0.25) is 0 Å². The number of anilines is 1. The van der Waals surface area contributed by atoms with Gasteiger partial charge >= 0.3 is 0 Å². The van der Waals surface area contributed by atoms with Crippen molar-refractivity contribution >= 4 is 27.0 Å². The van der Waals surface area contributed by atoms with E-state index in [2.05, 4.69) is 9.71 Å². The zero-order valence-electron chi connectivity index (χ0n) is 9.55. The van der Waals surface area contributed by atoms with Gasteiger partial charge in [-0.1, -0.05) is 6.92 Å². The molecule has 0 aliphatic rings. The zero-order valence-corrected chi connectivity index (χ0v) is 11.2. The van der Waals surface area contributed by atoms with Crippen molar-refractivity contribution < 1.29 is 12.8 Å². The summed E-state index contributed by atoms with van der Waals surface area (Å²) in [5.41, 5.74) is 0.239. The summed E-state index contributed by atoms with van der Waals surface area (Å²) in [6.07, 6.45) is 1.93. The molecule has 0 saturated heterocycles. The third kappa shape index (κ3) is 2.85. The number of pyridine rings is 1. The Morgan fingerprint density at radius 1 is 1.33 bits per heavy atom. The van der Waals surface area contributed by atoms with Crippen molar-refractivity contribution in [3.05, 3.63) is 41.3 Å². The lowest BCUT2D eigenvalue weighted by atomic mass is 10.4. The average Bonchev–Trinajstić information content (AvgIpc) is 2.81. The second-order valence-corrected chi connectivity index (χ2v) is 6.63. The molecule has 0 bridgehead atoms. The lowest BCUT2D eigenvalue weighted by Crippen LogP contribution is -2.11. The highest BCUT2D eigenvalue weighted by atomic mass is 32.2. The van der Waals surface area contributed by atoms with Gasteiger partial charge in [-0.25, -0.2) is 13.4 Å². The minimum Gasteiger partial charge on any atom is -0.277 e. The van der Waals surface area contributed by atoms with Crippen molar-refractivity contribution in [1.29, 1.82) is 0 Å². The van der Waals surface area contributed by atoms with Crippen LogP contribution in [-0.2, 0) is 16.4 Å². The first-order chi connectivity index (χ1) is 8.51. The van der Waals surface area contributed by atoms with Crippen LogP contribution in [0, 0.1) is 5.95 Å². The monoisotopic (exact) mass is 286 g/mol. The summed E-state index contributed by atoms with van der Waals surface area (Å²) in [5.74, 6) is -0.651. The van der Waals surface area contributed by atoms with Crippen LogP contribution >= 0.6 is 11.3 Å². The molecule has 0 aliphatic heterocycles. The van der Waals surface area contributed by atoms with E-state index in [1.807, 2.05) is 6.92 Å². The molecule has 4 nitrogen and oxygen atoms in total. The minimum absolute atomic E-state index is 0.239. The van der Waals surface area contributed by atoms with Gasteiger partial charge in [-0.3, -0.25) is 4.72 Å². The van der Waals surface area contributed by atoms with Crippen LogP contribution < -0.4 is 4.72 Å². The van der Waals surface area contributed by atoms with Crippen LogP contribution in [0.5, 0.6) is 0 Å². The number of hydrogen-bond acceptors (Lipinski definition) is 4. The predicted octanol–water partition coefficient (Wildman–Crippen LogP) is 2.65. The molecule has 7 heteroatoms. The first-order valence-electron chi connectivity index (χ1n) is 5.24.